The van der Waals surface area contributed by atoms with Gasteiger partial charge in [-0.2, -0.15) is 27.1 Å². The van der Waals surface area contributed by atoms with E-state index in [1.165, 1.54) is 10.7 Å². The highest BCUT2D eigenvalue weighted by Crippen LogP contribution is 2.58. The average Bonchev–Trinajstić information content (AvgIpc) is 3.49. The molecule has 0 unspecified atom stereocenters. The third-order valence-corrected chi connectivity index (χ3v) is 5.85. The summed E-state index contributed by atoms with van der Waals surface area (Å²) in [6.45, 7) is -0.396. The Bertz CT molecular complexity index is 1310. The lowest BCUT2D eigenvalue weighted by molar-refractivity contribution is -0.192. The average molecular weight is 517 g/mol. The van der Waals surface area contributed by atoms with Crippen molar-refractivity contribution in [2.75, 3.05) is 11.9 Å². The second kappa shape index (κ2) is 8.72. The number of carboxylic acid groups (broad SMARTS) is 1. The summed E-state index contributed by atoms with van der Waals surface area (Å²) in [5.74, 6) is -3.32. The molecule has 36 heavy (non-hydrogen) atoms. The SMILES string of the molecule is Cn1ccc(C(=O)Nc2cc(OC(F)F)c3nc(C45COC(C)(C4)C5)cn3c2)n1.O=C(O)C(F)(F)F. The molecule has 5 heterocycles. The number of fused-ring (bicyclic) bond motifs is 2. The minimum absolute atomic E-state index is 0.109. The maximum Gasteiger partial charge on any atom is 0.490 e. The number of rotatable bonds is 5. The van der Waals surface area contributed by atoms with Crippen molar-refractivity contribution in [3.8, 4) is 5.75 Å². The van der Waals surface area contributed by atoms with Crippen LogP contribution in [0.5, 0.6) is 5.75 Å². The molecule has 3 fully saturated rings. The Morgan fingerprint density at radius 3 is 2.44 bits per heavy atom. The summed E-state index contributed by atoms with van der Waals surface area (Å²) in [5.41, 5.74) is 1.24. The third-order valence-electron chi connectivity index (χ3n) is 5.85. The number of carbonyl (C=O) groups excluding carboxylic acids is 1. The molecule has 2 N–H and O–H groups in total. The van der Waals surface area contributed by atoms with E-state index in [1.54, 1.807) is 36.1 Å². The van der Waals surface area contributed by atoms with E-state index >= 15 is 0 Å². The molecule has 0 atom stereocenters. The van der Waals surface area contributed by atoms with Crippen molar-refractivity contribution in [2.24, 2.45) is 7.05 Å². The molecule has 0 spiro atoms. The van der Waals surface area contributed by atoms with Crippen molar-refractivity contribution < 1.29 is 46.1 Å². The van der Waals surface area contributed by atoms with E-state index in [-0.39, 0.29) is 28.1 Å². The number of aliphatic carboxylic acids is 1. The molecule has 1 aliphatic carbocycles. The largest absolute Gasteiger partial charge is 0.490 e. The number of ether oxygens (including phenoxy) is 2. The Kier molecular flexibility index (Phi) is 6.14. The fraction of sp³-hybridized carbons (Fsp3) is 0.429. The molecule has 194 valence electrons. The molecular formula is C21H20F5N5O5. The number of hydrogen-bond acceptors (Lipinski definition) is 6. The molecule has 3 aromatic rings. The van der Waals surface area contributed by atoms with Crippen LogP contribution in [-0.2, 0) is 22.0 Å². The summed E-state index contributed by atoms with van der Waals surface area (Å²) in [6.07, 6.45) is 1.66. The second-order valence-electron chi connectivity index (χ2n) is 8.83. The van der Waals surface area contributed by atoms with Crippen molar-refractivity contribution >= 4 is 23.2 Å². The summed E-state index contributed by atoms with van der Waals surface area (Å²) < 4.78 is 71.3. The molecule has 6 rings (SSSR count). The number of aromatic nitrogens is 4. The molecule has 3 aliphatic rings. The van der Waals surface area contributed by atoms with Crippen molar-refractivity contribution in [1.82, 2.24) is 19.2 Å². The van der Waals surface area contributed by atoms with Crippen molar-refractivity contribution in [2.45, 2.75) is 43.6 Å². The second-order valence-corrected chi connectivity index (χ2v) is 8.83. The minimum atomic E-state index is -5.08. The molecule has 15 heteroatoms. The smallest absolute Gasteiger partial charge is 0.475 e. The Labute approximate surface area is 199 Å². The van der Waals surface area contributed by atoms with Crippen molar-refractivity contribution in [3.05, 3.63) is 42.1 Å². The van der Waals surface area contributed by atoms with Gasteiger partial charge < -0.3 is 24.3 Å². The predicted molar refractivity (Wildman–Crippen MR) is 112 cm³/mol. The quantitative estimate of drug-likeness (QED) is 0.498. The Hall–Kier alpha value is -3.75. The summed E-state index contributed by atoms with van der Waals surface area (Å²) in [4.78, 5) is 25.8. The number of alkyl halides is 5. The van der Waals surface area contributed by atoms with Gasteiger partial charge in [0.2, 0.25) is 0 Å². The van der Waals surface area contributed by atoms with Crippen LogP contribution in [0.15, 0.2) is 30.7 Å². The van der Waals surface area contributed by atoms with E-state index < -0.39 is 24.7 Å². The van der Waals surface area contributed by atoms with E-state index in [0.717, 1.165) is 18.5 Å². The standard InChI is InChI=1S/C19H19F2N5O3.C2HF3O2/c1-18-8-19(9-18,10-28-18)14-7-26-6-11(5-13(15(26)23-14)29-17(20)21)22-16(27)12-3-4-25(2)24-12;3-2(4,5)1(6)7/h3-7,17H,8-10H2,1-2H3,(H,22,27);(H,6,7). The number of amides is 1. The Balaban J connectivity index is 0.000000384. The lowest BCUT2D eigenvalue weighted by Crippen LogP contribution is -2.45. The first-order valence-corrected chi connectivity index (χ1v) is 10.4. The van der Waals surface area contributed by atoms with Gasteiger partial charge in [-0.25, -0.2) is 9.78 Å². The van der Waals surface area contributed by atoms with Crippen LogP contribution in [0.1, 0.15) is 35.9 Å². The van der Waals surface area contributed by atoms with E-state index in [9.17, 15) is 26.7 Å². The van der Waals surface area contributed by atoms with Gasteiger partial charge in [0.25, 0.3) is 5.91 Å². The van der Waals surface area contributed by atoms with Crippen LogP contribution >= 0.6 is 0 Å². The van der Waals surface area contributed by atoms with Gasteiger partial charge in [-0.15, -0.1) is 0 Å². The normalized spacial score (nSPS) is 22.7. The van der Waals surface area contributed by atoms with E-state index in [0.29, 0.717) is 12.3 Å². The maximum absolute atomic E-state index is 13.0. The van der Waals surface area contributed by atoms with Crippen molar-refractivity contribution in [3.63, 3.8) is 0 Å². The molecule has 0 radical (unpaired) electrons. The molecule has 1 saturated carbocycles. The first kappa shape index (κ1) is 25.3. The maximum atomic E-state index is 13.0. The summed E-state index contributed by atoms with van der Waals surface area (Å²) in [7, 11) is 1.70. The summed E-state index contributed by atoms with van der Waals surface area (Å²) in [6, 6.07) is 2.90. The zero-order valence-electron chi connectivity index (χ0n) is 18.8. The van der Waals surface area contributed by atoms with Gasteiger partial charge >= 0.3 is 18.8 Å². The minimum Gasteiger partial charge on any atom is -0.475 e. The number of halogens is 5. The molecule has 0 aromatic carbocycles. The van der Waals surface area contributed by atoms with Gasteiger partial charge in [0.1, 0.15) is 0 Å². The van der Waals surface area contributed by atoms with Crippen LogP contribution in [0.25, 0.3) is 5.65 Å². The zero-order chi connectivity index (χ0) is 26.5. The van der Waals surface area contributed by atoms with Gasteiger partial charge in [0.15, 0.2) is 17.1 Å². The number of nitrogens with one attached hydrogen (secondary N) is 1. The van der Waals surface area contributed by atoms with E-state index in [2.05, 4.69) is 27.1 Å². The lowest BCUT2D eigenvalue weighted by Gasteiger charge is -2.41. The van der Waals surface area contributed by atoms with Crippen LogP contribution in [0.2, 0.25) is 0 Å². The van der Waals surface area contributed by atoms with Crippen LogP contribution < -0.4 is 10.1 Å². The number of carbonyl (C=O) groups is 2. The summed E-state index contributed by atoms with van der Waals surface area (Å²) >= 11 is 0. The van der Waals surface area contributed by atoms with Gasteiger partial charge in [0.05, 0.1) is 23.6 Å². The fourth-order valence-electron chi connectivity index (χ4n) is 4.46. The molecule has 2 bridgehead atoms. The topological polar surface area (TPSA) is 120 Å². The molecule has 10 nitrogen and oxygen atoms in total. The summed E-state index contributed by atoms with van der Waals surface area (Å²) in [5, 5.41) is 13.8. The fourth-order valence-corrected chi connectivity index (χ4v) is 4.46. The monoisotopic (exact) mass is 517 g/mol. The molecule has 2 aliphatic heterocycles. The van der Waals surface area contributed by atoms with Crippen LogP contribution in [0.3, 0.4) is 0 Å². The number of imidazole rings is 1. The van der Waals surface area contributed by atoms with Gasteiger partial charge in [0, 0.05) is 37.1 Å². The number of aryl methyl sites for hydroxylation is 1. The van der Waals surface area contributed by atoms with Crippen LogP contribution in [0.4, 0.5) is 27.6 Å². The number of nitrogens with zero attached hydrogens (tertiary/aromatic N) is 4. The highest BCUT2D eigenvalue weighted by molar-refractivity contribution is 6.02. The van der Waals surface area contributed by atoms with E-state index in [4.69, 9.17) is 14.6 Å². The lowest BCUT2D eigenvalue weighted by atomic mass is 9.62. The first-order chi connectivity index (χ1) is 16.7. The number of pyridine rings is 1. The van der Waals surface area contributed by atoms with Gasteiger partial charge in [-0.05, 0) is 25.8 Å². The van der Waals surface area contributed by atoms with Gasteiger partial charge in [-0.1, -0.05) is 0 Å². The van der Waals surface area contributed by atoms with Crippen LogP contribution in [-0.4, -0.2) is 61.1 Å². The van der Waals surface area contributed by atoms with Crippen LogP contribution in [0, 0.1) is 0 Å². The van der Waals surface area contributed by atoms with Gasteiger partial charge in [-0.3, -0.25) is 9.48 Å². The predicted octanol–water partition coefficient (Wildman–Crippen LogP) is 3.38. The van der Waals surface area contributed by atoms with E-state index in [1.807, 2.05) is 0 Å². The molecule has 2 saturated heterocycles. The molecule has 3 aromatic heterocycles. The number of carboxylic acids is 1. The third kappa shape index (κ3) is 4.96. The zero-order valence-corrected chi connectivity index (χ0v) is 18.8. The highest BCUT2D eigenvalue weighted by Gasteiger charge is 2.61. The molecule has 1 amide bonds. The Morgan fingerprint density at radius 2 is 1.94 bits per heavy atom. The molecular weight excluding hydrogens is 497 g/mol. The van der Waals surface area contributed by atoms with Crippen molar-refractivity contribution in [1.29, 1.82) is 0 Å². The Morgan fingerprint density at radius 1 is 1.28 bits per heavy atom. The number of anilines is 1. The number of hydrogen-bond donors (Lipinski definition) is 2. The highest BCUT2D eigenvalue weighted by atomic mass is 19.4. The first-order valence-electron chi connectivity index (χ1n) is 10.4.